The van der Waals surface area contributed by atoms with Crippen molar-refractivity contribution in [1.29, 1.82) is 0 Å². The Morgan fingerprint density at radius 1 is 1.12 bits per heavy atom. The molecular formula is C22H29N3O. The van der Waals surface area contributed by atoms with Crippen LogP contribution in [0, 0.1) is 13.8 Å². The number of nitrogens with one attached hydrogen (secondary N) is 1. The van der Waals surface area contributed by atoms with Crippen molar-refractivity contribution in [3.05, 3.63) is 65.2 Å². The molecule has 0 unspecified atom stereocenters. The standard InChI is InChI=1S/C22H29N3O/c1-16-7-6-10-21(17(16)2)25-13-11-19(12-14-25)24-20(22(23)26)15-18-8-4-3-5-9-18/h3-10,19-20,24H,11-15H2,1-2H3,(H2,23,26)/t20-/m0/s1. The maximum atomic E-state index is 11.9. The first-order chi connectivity index (χ1) is 12.5. The summed E-state index contributed by atoms with van der Waals surface area (Å²) < 4.78 is 0. The third-order valence-electron chi connectivity index (χ3n) is 5.47. The predicted molar refractivity (Wildman–Crippen MR) is 107 cm³/mol. The van der Waals surface area contributed by atoms with Gasteiger partial charge in [-0.05, 0) is 55.9 Å². The molecule has 0 bridgehead atoms. The van der Waals surface area contributed by atoms with E-state index in [1.165, 1.54) is 16.8 Å². The van der Waals surface area contributed by atoms with E-state index in [0.717, 1.165) is 31.5 Å². The number of carbonyl (C=O) groups excluding carboxylic acids is 1. The smallest absolute Gasteiger partial charge is 0.234 e. The lowest BCUT2D eigenvalue weighted by Crippen LogP contribution is -2.51. The van der Waals surface area contributed by atoms with Gasteiger partial charge in [0.15, 0.2) is 0 Å². The van der Waals surface area contributed by atoms with Crippen molar-refractivity contribution in [2.24, 2.45) is 5.73 Å². The number of nitrogens with zero attached hydrogens (tertiary/aromatic N) is 1. The van der Waals surface area contributed by atoms with Crippen LogP contribution < -0.4 is 16.0 Å². The van der Waals surface area contributed by atoms with Crippen LogP contribution in [-0.4, -0.2) is 31.1 Å². The van der Waals surface area contributed by atoms with E-state index in [-0.39, 0.29) is 11.9 Å². The summed E-state index contributed by atoms with van der Waals surface area (Å²) in [7, 11) is 0. The molecule has 1 aliphatic rings. The molecule has 4 heteroatoms. The Morgan fingerprint density at radius 2 is 1.81 bits per heavy atom. The predicted octanol–water partition coefficient (Wildman–Crippen LogP) is 2.96. The fraction of sp³-hybridized carbons (Fsp3) is 0.409. The van der Waals surface area contributed by atoms with E-state index in [4.69, 9.17) is 5.73 Å². The molecule has 0 radical (unpaired) electrons. The number of aryl methyl sites for hydroxylation is 1. The van der Waals surface area contributed by atoms with Crippen molar-refractivity contribution in [2.45, 2.75) is 45.2 Å². The molecule has 0 aliphatic carbocycles. The Morgan fingerprint density at radius 3 is 2.46 bits per heavy atom. The molecule has 1 fully saturated rings. The number of amides is 1. The van der Waals surface area contributed by atoms with Gasteiger partial charge in [0, 0.05) is 24.8 Å². The van der Waals surface area contributed by atoms with E-state index in [1.807, 2.05) is 30.3 Å². The number of hydrogen-bond donors (Lipinski definition) is 2. The topological polar surface area (TPSA) is 58.4 Å². The van der Waals surface area contributed by atoms with E-state index < -0.39 is 0 Å². The van der Waals surface area contributed by atoms with Crippen LogP contribution >= 0.6 is 0 Å². The summed E-state index contributed by atoms with van der Waals surface area (Å²) in [5, 5.41) is 3.50. The summed E-state index contributed by atoms with van der Waals surface area (Å²) in [6, 6.07) is 16.6. The largest absolute Gasteiger partial charge is 0.371 e. The first kappa shape index (κ1) is 18.5. The fourth-order valence-corrected chi connectivity index (χ4v) is 3.74. The number of carbonyl (C=O) groups is 1. The monoisotopic (exact) mass is 351 g/mol. The van der Waals surface area contributed by atoms with Gasteiger partial charge in [0.2, 0.25) is 5.91 Å². The summed E-state index contributed by atoms with van der Waals surface area (Å²) in [5.74, 6) is -0.272. The quantitative estimate of drug-likeness (QED) is 0.841. The summed E-state index contributed by atoms with van der Waals surface area (Å²) in [5.41, 5.74) is 10.8. The van der Waals surface area contributed by atoms with Crippen LogP contribution in [0.15, 0.2) is 48.5 Å². The number of benzene rings is 2. The lowest BCUT2D eigenvalue weighted by Gasteiger charge is -2.36. The molecule has 4 nitrogen and oxygen atoms in total. The fourth-order valence-electron chi connectivity index (χ4n) is 3.74. The highest BCUT2D eigenvalue weighted by molar-refractivity contribution is 5.80. The van der Waals surface area contributed by atoms with Crippen molar-refractivity contribution < 1.29 is 4.79 Å². The SMILES string of the molecule is Cc1cccc(N2CCC(N[C@@H](Cc3ccccc3)C(N)=O)CC2)c1C. The zero-order valence-electron chi connectivity index (χ0n) is 15.7. The van der Waals surface area contributed by atoms with Gasteiger partial charge in [-0.2, -0.15) is 0 Å². The van der Waals surface area contributed by atoms with Crippen LogP contribution in [0.3, 0.4) is 0 Å². The Balaban J connectivity index is 1.58. The van der Waals surface area contributed by atoms with Crippen molar-refractivity contribution in [3.8, 4) is 0 Å². The van der Waals surface area contributed by atoms with Crippen LogP contribution in [0.25, 0.3) is 0 Å². The highest BCUT2D eigenvalue weighted by atomic mass is 16.1. The zero-order valence-corrected chi connectivity index (χ0v) is 15.7. The minimum absolute atomic E-state index is 0.272. The molecule has 3 rings (SSSR count). The zero-order chi connectivity index (χ0) is 18.5. The van der Waals surface area contributed by atoms with E-state index in [9.17, 15) is 4.79 Å². The Kier molecular flexibility index (Phi) is 5.94. The molecule has 1 saturated heterocycles. The second kappa shape index (κ2) is 8.37. The van der Waals surface area contributed by atoms with Crippen LogP contribution in [0.5, 0.6) is 0 Å². The van der Waals surface area contributed by atoms with Gasteiger partial charge in [-0.25, -0.2) is 0 Å². The van der Waals surface area contributed by atoms with Gasteiger partial charge >= 0.3 is 0 Å². The molecular weight excluding hydrogens is 322 g/mol. The lowest BCUT2D eigenvalue weighted by atomic mass is 9.99. The molecule has 26 heavy (non-hydrogen) atoms. The Labute approximate surface area is 156 Å². The number of anilines is 1. The van der Waals surface area contributed by atoms with E-state index in [0.29, 0.717) is 12.5 Å². The van der Waals surface area contributed by atoms with Crippen LogP contribution in [-0.2, 0) is 11.2 Å². The van der Waals surface area contributed by atoms with Crippen molar-refractivity contribution in [1.82, 2.24) is 5.32 Å². The summed E-state index contributed by atoms with van der Waals surface area (Å²) in [4.78, 5) is 14.4. The van der Waals surface area contributed by atoms with E-state index in [2.05, 4.69) is 42.3 Å². The number of rotatable bonds is 6. The number of hydrogen-bond acceptors (Lipinski definition) is 3. The highest BCUT2D eigenvalue weighted by Gasteiger charge is 2.25. The molecule has 0 saturated carbocycles. The number of primary amides is 1. The molecule has 1 atom stereocenters. The number of nitrogens with two attached hydrogens (primary N) is 1. The second-order valence-electron chi connectivity index (χ2n) is 7.29. The first-order valence-corrected chi connectivity index (χ1v) is 9.45. The Hall–Kier alpha value is -2.33. The molecule has 0 spiro atoms. The van der Waals surface area contributed by atoms with Crippen molar-refractivity contribution >= 4 is 11.6 Å². The van der Waals surface area contributed by atoms with Gasteiger partial charge in [0.05, 0.1) is 6.04 Å². The Bertz CT molecular complexity index is 736. The minimum Gasteiger partial charge on any atom is -0.371 e. The maximum Gasteiger partial charge on any atom is 0.234 e. The van der Waals surface area contributed by atoms with Gasteiger partial charge in [-0.15, -0.1) is 0 Å². The third-order valence-corrected chi connectivity index (χ3v) is 5.47. The summed E-state index contributed by atoms with van der Waals surface area (Å²) in [6.07, 6.45) is 2.69. The lowest BCUT2D eigenvalue weighted by molar-refractivity contribution is -0.120. The average molecular weight is 351 g/mol. The van der Waals surface area contributed by atoms with E-state index >= 15 is 0 Å². The molecule has 1 aliphatic heterocycles. The minimum atomic E-state index is -0.311. The molecule has 138 valence electrons. The normalized spacial score (nSPS) is 16.5. The van der Waals surface area contributed by atoms with Crippen LogP contribution in [0.1, 0.15) is 29.5 Å². The van der Waals surface area contributed by atoms with Gasteiger partial charge in [-0.1, -0.05) is 42.5 Å². The molecule has 1 heterocycles. The summed E-state index contributed by atoms with van der Waals surface area (Å²) in [6.45, 7) is 6.35. The van der Waals surface area contributed by atoms with Crippen LogP contribution in [0.4, 0.5) is 5.69 Å². The maximum absolute atomic E-state index is 11.9. The number of piperidine rings is 1. The first-order valence-electron chi connectivity index (χ1n) is 9.45. The molecule has 0 aromatic heterocycles. The van der Waals surface area contributed by atoms with Crippen molar-refractivity contribution in [2.75, 3.05) is 18.0 Å². The average Bonchev–Trinajstić information content (AvgIpc) is 2.65. The second-order valence-corrected chi connectivity index (χ2v) is 7.29. The van der Waals surface area contributed by atoms with Crippen LogP contribution in [0.2, 0.25) is 0 Å². The van der Waals surface area contributed by atoms with Gasteiger partial charge < -0.3 is 16.0 Å². The molecule has 2 aromatic carbocycles. The third kappa shape index (κ3) is 4.44. The van der Waals surface area contributed by atoms with Crippen molar-refractivity contribution in [3.63, 3.8) is 0 Å². The molecule has 1 amide bonds. The van der Waals surface area contributed by atoms with Gasteiger partial charge in [0.1, 0.15) is 0 Å². The van der Waals surface area contributed by atoms with Gasteiger partial charge in [-0.3, -0.25) is 4.79 Å². The van der Waals surface area contributed by atoms with Gasteiger partial charge in [0.25, 0.3) is 0 Å². The highest BCUT2D eigenvalue weighted by Crippen LogP contribution is 2.26. The summed E-state index contributed by atoms with van der Waals surface area (Å²) >= 11 is 0. The molecule has 3 N–H and O–H groups in total. The molecule has 2 aromatic rings. The van der Waals surface area contributed by atoms with E-state index in [1.54, 1.807) is 0 Å².